The van der Waals surface area contributed by atoms with Crippen molar-refractivity contribution in [1.82, 2.24) is 0 Å². The summed E-state index contributed by atoms with van der Waals surface area (Å²) in [6.07, 6.45) is 0. The lowest BCUT2D eigenvalue weighted by atomic mass is 9.70. The van der Waals surface area contributed by atoms with E-state index in [0.29, 0.717) is 0 Å². The number of hydrogen-bond acceptors (Lipinski definition) is 2. The Morgan fingerprint density at radius 1 is 0.253 bits per heavy atom. The summed E-state index contributed by atoms with van der Waals surface area (Å²) in [6.45, 7) is 0. The summed E-state index contributed by atoms with van der Waals surface area (Å²) < 4.78 is 6.73. The van der Waals surface area contributed by atoms with E-state index in [9.17, 15) is 0 Å². The minimum Gasteiger partial charge on any atom is -0.456 e. The molecule has 0 amide bonds. The van der Waals surface area contributed by atoms with Crippen LogP contribution in [-0.2, 0) is 5.41 Å². The van der Waals surface area contributed by atoms with Crippen molar-refractivity contribution in [1.29, 1.82) is 0 Å². The van der Waals surface area contributed by atoms with Crippen LogP contribution in [0.2, 0.25) is 0 Å². The van der Waals surface area contributed by atoms with E-state index in [4.69, 9.17) is 4.42 Å². The maximum Gasteiger partial charge on any atom is 0.136 e. The lowest BCUT2D eigenvalue weighted by Gasteiger charge is -2.34. The van der Waals surface area contributed by atoms with Crippen molar-refractivity contribution >= 4 is 71.3 Å². The highest BCUT2D eigenvalue weighted by molar-refractivity contribution is 6.26. The quantitative estimate of drug-likeness (QED) is 0.154. The zero-order chi connectivity index (χ0) is 49.2. The fourth-order valence-electron chi connectivity index (χ4n) is 13.3. The van der Waals surface area contributed by atoms with Gasteiger partial charge < -0.3 is 9.32 Å². The average molecular weight is 952 g/mol. The minimum absolute atomic E-state index is 0.577. The van der Waals surface area contributed by atoms with Gasteiger partial charge in [-0.25, -0.2) is 0 Å². The lowest BCUT2D eigenvalue weighted by Crippen LogP contribution is -2.26. The molecule has 14 aromatic rings. The molecule has 2 aliphatic carbocycles. The zero-order valence-electron chi connectivity index (χ0n) is 40.8. The van der Waals surface area contributed by atoms with E-state index in [1.54, 1.807) is 0 Å². The Hall–Kier alpha value is -9.76. The molecule has 0 N–H and O–H groups in total. The first-order valence-electron chi connectivity index (χ1n) is 26.0. The molecule has 75 heavy (non-hydrogen) atoms. The molecular weight excluding hydrogens is 907 g/mol. The van der Waals surface area contributed by atoms with Gasteiger partial charge in [0.2, 0.25) is 0 Å². The topological polar surface area (TPSA) is 16.4 Å². The van der Waals surface area contributed by atoms with Gasteiger partial charge in [-0.2, -0.15) is 0 Å². The van der Waals surface area contributed by atoms with Crippen LogP contribution in [0.25, 0.3) is 110 Å². The van der Waals surface area contributed by atoms with E-state index >= 15 is 0 Å². The lowest BCUT2D eigenvalue weighted by molar-refractivity contribution is 0.669. The van der Waals surface area contributed by atoms with Crippen LogP contribution in [0.1, 0.15) is 22.3 Å². The Labute approximate surface area is 434 Å². The summed E-state index contributed by atoms with van der Waals surface area (Å²) in [5.74, 6) is 0. The van der Waals surface area contributed by atoms with Crippen LogP contribution >= 0.6 is 0 Å². The van der Waals surface area contributed by atoms with E-state index in [1.807, 2.05) is 0 Å². The number of furan rings is 1. The van der Waals surface area contributed by atoms with Gasteiger partial charge in [0.1, 0.15) is 11.2 Å². The van der Waals surface area contributed by atoms with E-state index in [1.165, 1.54) is 76.8 Å². The number of para-hydroxylation sites is 1. The second-order valence-electron chi connectivity index (χ2n) is 20.2. The fraction of sp³-hybridized carbons (Fsp3) is 0.0137. The first-order valence-corrected chi connectivity index (χ1v) is 26.0. The molecule has 348 valence electrons. The summed E-state index contributed by atoms with van der Waals surface area (Å²) in [5.41, 5.74) is 21.4. The minimum atomic E-state index is -0.577. The van der Waals surface area contributed by atoms with Crippen LogP contribution in [0, 0.1) is 0 Å². The van der Waals surface area contributed by atoms with Crippen molar-refractivity contribution in [3.63, 3.8) is 0 Å². The normalized spacial score (nSPS) is 12.9. The molecule has 2 nitrogen and oxygen atoms in total. The highest BCUT2D eigenvalue weighted by atomic mass is 16.3. The van der Waals surface area contributed by atoms with Crippen LogP contribution < -0.4 is 4.90 Å². The highest BCUT2D eigenvalue weighted by Crippen LogP contribution is 2.64. The number of hydrogen-bond donors (Lipinski definition) is 0. The van der Waals surface area contributed by atoms with Crippen molar-refractivity contribution in [2.45, 2.75) is 5.41 Å². The molecule has 0 radical (unpaired) electrons. The van der Waals surface area contributed by atoms with Gasteiger partial charge in [0, 0.05) is 27.7 Å². The molecule has 16 rings (SSSR count). The van der Waals surface area contributed by atoms with Crippen LogP contribution in [-0.4, -0.2) is 0 Å². The fourth-order valence-corrected chi connectivity index (χ4v) is 13.3. The molecule has 0 unspecified atom stereocenters. The third-order valence-corrected chi connectivity index (χ3v) is 16.4. The van der Waals surface area contributed by atoms with Crippen molar-refractivity contribution in [2.75, 3.05) is 4.90 Å². The molecule has 2 heteroatoms. The van der Waals surface area contributed by atoms with Crippen molar-refractivity contribution < 1.29 is 4.42 Å². The predicted octanol–water partition coefficient (Wildman–Crippen LogP) is 19.9. The van der Waals surface area contributed by atoms with Gasteiger partial charge in [-0.05, 0) is 159 Å². The Balaban J connectivity index is 1.09. The van der Waals surface area contributed by atoms with Gasteiger partial charge in [0.25, 0.3) is 0 Å². The molecule has 1 heterocycles. The predicted molar refractivity (Wildman–Crippen MR) is 314 cm³/mol. The van der Waals surface area contributed by atoms with Crippen molar-refractivity contribution in [2.24, 2.45) is 0 Å². The maximum atomic E-state index is 6.73. The molecule has 0 fully saturated rings. The van der Waals surface area contributed by atoms with E-state index < -0.39 is 5.41 Å². The summed E-state index contributed by atoms with van der Waals surface area (Å²) >= 11 is 0. The van der Waals surface area contributed by atoms with Crippen LogP contribution in [0.4, 0.5) is 17.1 Å². The number of nitrogens with zero attached hydrogens (tertiary/aromatic N) is 1. The highest BCUT2D eigenvalue weighted by Gasteiger charge is 2.52. The zero-order valence-corrected chi connectivity index (χ0v) is 40.8. The summed E-state index contributed by atoms with van der Waals surface area (Å²) in [6, 6.07) is 101. The summed E-state index contributed by atoms with van der Waals surface area (Å²) in [7, 11) is 0. The van der Waals surface area contributed by atoms with Crippen molar-refractivity contribution in [3.8, 4) is 55.6 Å². The summed E-state index contributed by atoms with van der Waals surface area (Å²) in [5, 5.41) is 9.62. The van der Waals surface area contributed by atoms with Crippen LogP contribution in [0.15, 0.2) is 277 Å². The van der Waals surface area contributed by atoms with Crippen molar-refractivity contribution in [3.05, 3.63) is 295 Å². The average Bonchev–Trinajstić information content (AvgIpc) is 4.15. The molecule has 0 aliphatic heterocycles. The van der Waals surface area contributed by atoms with Gasteiger partial charge in [0.05, 0.1) is 11.1 Å². The van der Waals surface area contributed by atoms with E-state index in [0.717, 1.165) is 72.4 Å². The largest absolute Gasteiger partial charge is 0.456 e. The smallest absolute Gasteiger partial charge is 0.136 e. The van der Waals surface area contributed by atoms with Gasteiger partial charge in [0.15, 0.2) is 0 Å². The van der Waals surface area contributed by atoms with E-state index in [-0.39, 0.29) is 0 Å². The first kappa shape index (κ1) is 41.8. The second-order valence-corrected chi connectivity index (χ2v) is 20.2. The number of benzene rings is 13. The summed E-state index contributed by atoms with van der Waals surface area (Å²) in [4.78, 5) is 2.57. The third-order valence-electron chi connectivity index (χ3n) is 16.4. The Morgan fingerprint density at radius 3 is 1.32 bits per heavy atom. The maximum absolute atomic E-state index is 6.73. The van der Waals surface area contributed by atoms with Crippen LogP contribution in [0.5, 0.6) is 0 Å². The monoisotopic (exact) mass is 951 g/mol. The molecule has 2 aliphatic rings. The number of rotatable bonds is 6. The number of anilines is 3. The molecule has 0 atom stereocenters. The molecule has 0 saturated heterocycles. The van der Waals surface area contributed by atoms with Gasteiger partial charge >= 0.3 is 0 Å². The molecular formula is C73H45NO. The molecule has 1 spiro atoms. The molecule has 0 saturated carbocycles. The number of fused-ring (bicyclic) bond motifs is 19. The standard InChI is InChI=1S/C73H45NO/c1-3-20-46(21-4-1)48-40-49(47-22-5-2-6-23-47)42-51(41-48)74(50-38-39-56-54-26-8-7-24-52(54)53-25-9-10-27-55(53)62(56)43-50)69-45-68-63(44-64(69)60-32-19-37-71-72(60)61-31-14-18-36-70(61)75-71)59-30-13-17-35-67(59)73(68)65-33-15-11-28-57(65)58-29-12-16-34-66(58)73/h1-45H. The Bertz CT molecular complexity index is 4520. The third kappa shape index (κ3) is 6.02. The second kappa shape index (κ2) is 16.1. The van der Waals surface area contributed by atoms with Gasteiger partial charge in [-0.3, -0.25) is 0 Å². The van der Waals surface area contributed by atoms with Gasteiger partial charge in [-0.1, -0.05) is 218 Å². The Kier molecular flexibility index (Phi) is 8.99. The van der Waals surface area contributed by atoms with E-state index in [2.05, 4.69) is 278 Å². The molecule has 13 aromatic carbocycles. The molecule has 1 aromatic heterocycles. The Morgan fingerprint density at radius 2 is 0.720 bits per heavy atom. The van der Waals surface area contributed by atoms with Gasteiger partial charge in [-0.15, -0.1) is 0 Å². The molecule has 0 bridgehead atoms. The first-order chi connectivity index (χ1) is 37.2. The SMILES string of the molecule is c1ccc(-c2cc(-c3ccccc3)cc(N(c3ccc4c5ccccc5c5ccccc5c4c3)c3cc4c(cc3-c3cccc5oc6ccccc6c35)-c3ccccc3C43c4ccccc4-c4ccccc43)c2)cc1. The van der Waals surface area contributed by atoms with Crippen LogP contribution in [0.3, 0.4) is 0 Å².